The predicted molar refractivity (Wildman–Crippen MR) is 54.1 cm³/mol. The van der Waals surface area contributed by atoms with Crippen molar-refractivity contribution in [3.05, 3.63) is 29.8 Å². The second-order valence-electron chi connectivity index (χ2n) is 3.65. The lowest BCUT2D eigenvalue weighted by molar-refractivity contribution is -0.274. The number of aliphatic carboxylic acids is 1. The Morgan fingerprint density at radius 2 is 1.78 bits per heavy atom. The van der Waals surface area contributed by atoms with Crippen LogP contribution in [-0.4, -0.2) is 23.6 Å². The lowest BCUT2D eigenvalue weighted by Gasteiger charge is -2.14. The molecule has 7 heteroatoms. The van der Waals surface area contributed by atoms with Crippen molar-refractivity contribution in [3.8, 4) is 5.75 Å². The van der Waals surface area contributed by atoms with E-state index in [1.807, 2.05) is 0 Å². The van der Waals surface area contributed by atoms with Gasteiger partial charge in [0, 0.05) is 5.92 Å². The summed E-state index contributed by atoms with van der Waals surface area (Å²) in [6.07, 6.45) is -6.91. The number of rotatable bonds is 4. The van der Waals surface area contributed by atoms with Gasteiger partial charge in [0.25, 0.3) is 0 Å². The van der Waals surface area contributed by atoms with Crippen LogP contribution in [0.15, 0.2) is 24.3 Å². The summed E-state index contributed by atoms with van der Waals surface area (Å²) in [6.45, 7) is 1.33. The molecule has 18 heavy (non-hydrogen) atoms. The Morgan fingerprint density at radius 1 is 1.28 bits per heavy atom. The van der Waals surface area contributed by atoms with Gasteiger partial charge in [0.15, 0.2) is 0 Å². The third-order valence-corrected chi connectivity index (χ3v) is 2.31. The molecule has 0 bridgehead atoms. The van der Waals surface area contributed by atoms with Crippen LogP contribution in [0.4, 0.5) is 17.6 Å². The predicted octanol–water partition coefficient (Wildman–Crippen LogP) is 3.11. The fourth-order valence-corrected chi connectivity index (χ4v) is 1.36. The third kappa shape index (κ3) is 3.90. The van der Waals surface area contributed by atoms with Crippen LogP contribution in [-0.2, 0) is 4.79 Å². The van der Waals surface area contributed by atoms with Crippen LogP contribution < -0.4 is 4.74 Å². The van der Waals surface area contributed by atoms with Crippen LogP contribution >= 0.6 is 0 Å². The standard InChI is InChI=1S/C11H10F4O3/c1-6(9(12)10(16)17)7-2-4-8(5-3-7)18-11(13,14)15/h2-6,9H,1H3,(H,16,17). The van der Waals surface area contributed by atoms with E-state index < -0.39 is 30.2 Å². The highest BCUT2D eigenvalue weighted by molar-refractivity contribution is 5.73. The molecular weight excluding hydrogens is 256 g/mol. The Labute approximate surface area is 100.0 Å². The molecule has 0 spiro atoms. The maximum absolute atomic E-state index is 13.2. The van der Waals surface area contributed by atoms with Crippen molar-refractivity contribution in [2.24, 2.45) is 0 Å². The average molecular weight is 266 g/mol. The summed E-state index contributed by atoms with van der Waals surface area (Å²) in [6, 6.07) is 4.41. The molecule has 2 unspecified atom stereocenters. The molecule has 1 N–H and O–H groups in total. The number of alkyl halides is 4. The van der Waals surface area contributed by atoms with E-state index in [-0.39, 0.29) is 5.56 Å². The minimum Gasteiger partial charge on any atom is -0.479 e. The Morgan fingerprint density at radius 3 is 2.17 bits per heavy atom. The third-order valence-electron chi connectivity index (χ3n) is 2.31. The van der Waals surface area contributed by atoms with Crippen molar-refractivity contribution in [2.45, 2.75) is 25.4 Å². The quantitative estimate of drug-likeness (QED) is 0.852. The number of benzene rings is 1. The molecule has 1 rings (SSSR count). The number of hydrogen-bond acceptors (Lipinski definition) is 2. The van der Waals surface area contributed by atoms with Crippen LogP contribution in [0.25, 0.3) is 0 Å². The lowest BCUT2D eigenvalue weighted by atomic mass is 9.96. The molecule has 0 aliphatic heterocycles. The Kier molecular flexibility index (Phi) is 4.15. The van der Waals surface area contributed by atoms with E-state index in [0.717, 1.165) is 12.1 Å². The molecule has 0 aromatic heterocycles. The number of carboxylic acids is 1. The monoisotopic (exact) mass is 266 g/mol. The molecular formula is C11H10F4O3. The number of carboxylic acid groups (broad SMARTS) is 1. The maximum Gasteiger partial charge on any atom is 0.573 e. The second-order valence-corrected chi connectivity index (χ2v) is 3.65. The molecule has 100 valence electrons. The van der Waals surface area contributed by atoms with Gasteiger partial charge in [-0.15, -0.1) is 13.2 Å². The van der Waals surface area contributed by atoms with Crippen molar-refractivity contribution in [1.29, 1.82) is 0 Å². The molecule has 0 saturated heterocycles. The highest BCUT2D eigenvalue weighted by atomic mass is 19.4. The van der Waals surface area contributed by atoms with Crippen LogP contribution in [0.2, 0.25) is 0 Å². The summed E-state index contributed by atoms with van der Waals surface area (Å²) in [5.74, 6) is -3.01. The molecule has 2 atom stereocenters. The van der Waals surface area contributed by atoms with Gasteiger partial charge in [0.1, 0.15) is 5.75 Å². The van der Waals surface area contributed by atoms with Gasteiger partial charge in [-0.05, 0) is 17.7 Å². The summed E-state index contributed by atoms with van der Waals surface area (Å²) in [5, 5.41) is 8.47. The van der Waals surface area contributed by atoms with E-state index in [1.165, 1.54) is 19.1 Å². The molecule has 3 nitrogen and oxygen atoms in total. The molecule has 0 saturated carbocycles. The van der Waals surface area contributed by atoms with E-state index in [1.54, 1.807) is 0 Å². The zero-order chi connectivity index (χ0) is 13.9. The number of hydrogen-bond donors (Lipinski definition) is 1. The first kappa shape index (κ1) is 14.3. The fourth-order valence-electron chi connectivity index (χ4n) is 1.36. The first-order valence-electron chi connectivity index (χ1n) is 4.93. The highest BCUT2D eigenvalue weighted by Gasteiger charge is 2.31. The molecule has 0 heterocycles. The summed E-state index contributed by atoms with van der Waals surface area (Å²) < 4.78 is 52.4. The molecule has 0 fully saturated rings. The van der Waals surface area contributed by atoms with Gasteiger partial charge < -0.3 is 9.84 Å². The van der Waals surface area contributed by atoms with E-state index in [2.05, 4.69) is 4.74 Å². The summed E-state index contributed by atoms with van der Waals surface area (Å²) in [4.78, 5) is 10.4. The average Bonchev–Trinajstić information content (AvgIpc) is 2.26. The molecule has 0 aliphatic carbocycles. The zero-order valence-corrected chi connectivity index (χ0v) is 9.24. The summed E-state index contributed by atoms with van der Waals surface area (Å²) in [5.41, 5.74) is 0.277. The Balaban J connectivity index is 2.80. The van der Waals surface area contributed by atoms with Gasteiger partial charge in [-0.2, -0.15) is 0 Å². The Hall–Kier alpha value is -1.79. The van der Waals surface area contributed by atoms with Crippen LogP contribution in [0.5, 0.6) is 5.75 Å². The van der Waals surface area contributed by atoms with Gasteiger partial charge >= 0.3 is 12.3 Å². The van der Waals surface area contributed by atoms with Gasteiger partial charge in [-0.25, -0.2) is 9.18 Å². The van der Waals surface area contributed by atoms with Crippen LogP contribution in [0, 0.1) is 0 Å². The highest BCUT2D eigenvalue weighted by Crippen LogP contribution is 2.27. The molecule has 0 amide bonds. The first-order valence-corrected chi connectivity index (χ1v) is 4.93. The number of ether oxygens (including phenoxy) is 1. The maximum atomic E-state index is 13.2. The van der Waals surface area contributed by atoms with Crippen molar-refractivity contribution >= 4 is 5.97 Å². The van der Waals surface area contributed by atoms with E-state index in [9.17, 15) is 22.4 Å². The van der Waals surface area contributed by atoms with Crippen molar-refractivity contribution < 1.29 is 32.2 Å². The normalized spacial score (nSPS) is 14.9. The topological polar surface area (TPSA) is 46.5 Å². The summed E-state index contributed by atoms with van der Waals surface area (Å²) >= 11 is 0. The molecule has 1 aromatic carbocycles. The van der Waals surface area contributed by atoms with Crippen molar-refractivity contribution in [2.75, 3.05) is 0 Å². The molecule has 1 aromatic rings. The number of carbonyl (C=O) groups is 1. The van der Waals surface area contributed by atoms with Gasteiger partial charge in [-0.1, -0.05) is 19.1 Å². The van der Waals surface area contributed by atoms with Gasteiger partial charge in [0.05, 0.1) is 0 Å². The van der Waals surface area contributed by atoms with Crippen LogP contribution in [0.3, 0.4) is 0 Å². The van der Waals surface area contributed by atoms with E-state index >= 15 is 0 Å². The Bertz CT molecular complexity index is 413. The zero-order valence-electron chi connectivity index (χ0n) is 9.24. The number of halogens is 4. The molecule has 0 radical (unpaired) electrons. The largest absolute Gasteiger partial charge is 0.573 e. The van der Waals surface area contributed by atoms with E-state index in [4.69, 9.17) is 5.11 Å². The lowest BCUT2D eigenvalue weighted by Crippen LogP contribution is -2.21. The summed E-state index contributed by atoms with van der Waals surface area (Å²) in [7, 11) is 0. The fraction of sp³-hybridized carbons (Fsp3) is 0.364. The SMILES string of the molecule is CC(c1ccc(OC(F)(F)F)cc1)C(F)C(=O)O. The molecule has 0 aliphatic rings. The minimum absolute atomic E-state index is 0.277. The van der Waals surface area contributed by atoms with Crippen molar-refractivity contribution in [3.63, 3.8) is 0 Å². The first-order chi connectivity index (χ1) is 8.20. The van der Waals surface area contributed by atoms with Gasteiger partial charge in [0.2, 0.25) is 6.17 Å². The van der Waals surface area contributed by atoms with Crippen molar-refractivity contribution in [1.82, 2.24) is 0 Å². The van der Waals surface area contributed by atoms with Crippen LogP contribution in [0.1, 0.15) is 18.4 Å². The van der Waals surface area contributed by atoms with Gasteiger partial charge in [-0.3, -0.25) is 0 Å². The second kappa shape index (κ2) is 5.24. The van der Waals surface area contributed by atoms with E-state index in [0.29, 0.717) is 0 Å². The minimum atomic E-state index is -4.79. The smallest absolute Gasteiger partial charge is 0.479 e.